The number of aliphatic hydroxyl groups excluding tert-OH is 1. The molecule has 4 heterocycles. The van der Waals surface area contributed by atoms with E-state index in [4.69, 9.17) is 9.47 Å². The summed E-state index contributed by atoms with van der Waals surface area (Å²) >= 11 is 0. The molecule has 0 aromatic carbocycles. The highest BCUT2D eigenvalue weighted by Crippen LogP contribution is 2.58. The molecular formula is C27H40N2O6. The summed E-state index contributed by atoms with van der Waals surface area (Å²) in [6.07, 6.45) is 12.7. The zero-order valence-electron chi connectivity index (χ0n) is 21.3. The second-order valence-electron chi connectivity index (χ2n) is 10.3. The van der Waals surface area contributed by atoms with Crippen molar-refractivity contribution in [2.45, 2.75) is 89.0 Å². The van der Waals surface area contributed by atoms with Crippen LogP contribution in [-0.4, -0.2) is 82.3 Å². The third kappa shape index (κ3) is 4.22. The molecule has 0 saturated carbocycles. The van der Waals surface area contributed by atoms with Gasteiger partial charge in [-0.3, -0.25) is 14.4 Å². The predicted octanol–water partition coefficient (Wildman–Crippen LogP) is 2.60. The molecule has 2 saturated heterocycles. The molecule has 6 atom stereocenters. The molecule has 4 rings (SSSR count). The Labute approximate surface area is 208 Å². The largest absolute Gasteiger partial charge is 0.465 e. The van der Waals surface area contributed by atoms with Gasteiger partial charge in [0.2, 0.25) is 11.8 Å². The third-order valence-electron chi connectivity index (χ3n) is 8.23. The molecule has 1 N–H and O–H groups in total. The monoisotopic (exact) mass is 488 g/mol. The number of nitrogens with zero attached hydrogens (tertiary/aromatic N) is 2. The second-order valence-corrected chi connectivity index (χ2v) is 10.3. The van der Waals surface area contributed by atoms with Crippen LogP contribution >= 0.6 is 0 Å². The third-order valence-corrected chi connectivity index (χ3v) is 8.23. The number of amides is 2. The Hall–Kier alpha value is -2.19. The first kappa shape index (κ1) is 25.9. The first-order chi connectivity index (χ1) is 16.9. The van der Waals surface area contributed by atoms with Crippen molar-refractivity contribution in [1.29, 1.82) is 0 Å². The number of rotatable bonds is 9. The van der Waals surface area contributed by atoms with Crippen molar-refractivity contribution < 1.29 is 29.0 Å². The van der Waals surface area contributed by atoms with Crippen molar-refractivity contribution in [3.05, 3.63) is 24.3 Å². The summed E-state index contributed by atoms with van der Waals surface area (Å²) in [6, 6.07) is -0.803. The molecule has 0 radical (unpaired) electrons. The van der Waals surface area contributed by atoms with E-state index in [1.807, 2.05) is 43.1 Å². The van der Waals surface area contributed by atoms with Crippen LogP contribution in [0.25, 0.3) is 0 Å². The highest BCUT2D eigenvalue weighted by Gasteiger charge is 2.75. The Morgan fingerprint density at radius 3 is 2.60 bits per heavy atom. The molecule has 4 aliphatic heterocycles. The van der Waals surface area contributed by atoms with Crippen molar-refractivity contribution in [2.24, 2.45) is 11.8 Å². The van der Waals surface area contributed by atoms with Crippen molar-refractivity contribution in [1.82, 2.24) is 9.80 Å². The van der Waals surface area contributed by atoms with Crippen LogP contribution in [-0.2, 0) is 23.9 Å². The molecule has 8 nitrogen and oxygen atoms in total. The molecule has 2 fully saturated rings. The standard InChI is InChI=1S/C27H40N2O6/c1-4-12-19(3)28-16-11-14-27-20(21-25(33)34-18-10-7-13-26(21,5-2)35-27)23(31)29(22(27)24(28)32)15-8-6-9-17-30/h7,11,13-14,19-22,30H,4-6,8-10,12,15-18H2,1-3H3/t19?,20-,21-,22?,26+,27-/m0/s1. The highest BCUT2D eigenvalue weighted by molar-refractivity contribution is 5.99. The Morgan fingerprint density at radius 2 is 1.89 bits per heavy atom. The van der Waals surface area contributed by atoms with Crippen LogP contribution in [0.1, 0.15) is 65.7 Å². The molecule has 8 heteroatoms. The first-order valence-corrected chi connectivity index (χ1v) is 13.3. The lowest BCUT2D eigenvalue weighted by Gasteiger charge is -2.39. The fraction of sp³-hybridized carbons (Fsp3) is 0.741. The van der Waals surface area contributed by atoms with E-state index in [1.165, 1.54) is 0 Å². The maximum Gasteiger partial charge on any atom is 0.313 e. The topological polar surface area (TPSA) is 96.4 Å². The van der Waals surface area contributed by atoms with Gasteiger partial charge >= 0.3 is 5.97 Å². The van der Waals surface area contributed by atoms with Crippen LogP contribution in [0.2, 0.25) is 0 Å². The number of aliphatic hydroxyl groups is 1. The summed E-state index contributed by atoms with van der Waals surface area (Å²) < 4.78 is 12.4. The number of unbranched alkanes of at least 4 members (excludes halogenated alkanes) is 2. The van der Waals surface area contributed by atoms with Gasteiger partial charge in [-0.05, 0) is 45.4 Å². The molecule has 0 bridgehead atoms. The van der Waals surface area contributed by atoms with Crippen LogP contribution in [0, 0.1) is 11.8 Å². The molecular weight excluding hydrogens is 448 g/mol. The zero-order chi connectivity index (χ0) is 25.2. The van der Waals surface area contributed by atoms with Gasteiger partial charge in [0.15, 0.2) is 0 Å². The Bertz CT molecular complexity index is 887. The van der Waals surface area contributed by atoms with Gasteiger partial charge in [-0.2, -0.15) is 0 Å². The minimum Gasteiger partial charge on any atom is -0.465 e. The number of hydrogen-bond donors (Lipinski definition) is 1. The van der Waals surface area contributed by atoms with E-state index in [0.29, 0.717) is 38.8 Å². The quantitative estimate of drug-likeness (QED) is 0.305. The van der Waals surface area contributed by atoms with Gasteiger partial charge < -0.3 is 24.4 Å². The van der Waals surface area contributed by atoms with E-state index in [0.717, 1.165) is 19.3 Å². The fourth-order valence-electron chi connectivity index (χ4n) is 6.53. The van der Waals surface area contributed by atoms with E-state index in [9.17, 15) is 19.5 Å². The molecule has 2 amide bonds. The molecule has 2 unspecified atom stereocenters. The van der Waals surface area contributed by atoms with Gasteiger partial charge in [-0.25, -0.2) is 0 Å². The number of ether oxygens (including phenoxy) is 2. The normalized spacial score (nSPS) is 35.2. The van der Waals surface area contributed by atoms with Crippen molar-refractivity contribution in [2.75, 3.05) is 26.3 Å². The number of carbonyl (C=O) groups is 3. The SMILES string of the molecule is CCCC(C)N1CC=C[C@]23O[C@]4(CC)C=CCCOC(=O)[C@@H]4[C@H]2C(=O)N(CCCCCO)C3C1=O. The van der Waals surface area contributed by atoms with Crippen LogP contribution < -0.4 is 0 Å². The highest BCUT2D eigenvalue weighted by atomic mass is 16.6. The average molecular weight is 489 g/mol. The molecule has 35 heavy (non-hydrogen) atoms. The van der Waals surface area contributed by atoms with Gasteiger partial charge in [0.25, 0.3) is 0 Å². The summed E-state index contributed by atoms with van der Waals surface area (Å²) in [4.78, 5) is 45.1. The van der Waals surface area contributed by atoms with Gasteiger partial charge in [0, 0.05) is 25.7 Å². The minimum absolute atomic E-state index is 0.0257. The maximum absolute atomic E-state index is 14.2. The number of likely N-dealkylation sites (tertiary alicyclic amines) is 1. The molecule has 194 valence electrons. The summed E-state index contributed by atoms with van der Waals surface area (Å²) in [5.41, 5.74) is -2.21. The van der Waals surface area contributed by atoms with E-state index in [2.05, 4.69) is 6.92 Å². The minimum atomic E-state index is -1.22. The smallest absolute Gasteiger partial charge is 0.313 e. The van der Waals surface area contributed by atoms with Crippen molar-refractivity contribution >= 4 is 17.8 Å². The summed E-state index contributed by atoms with van der Waals surface area (Å²) in [7, 11) is 0. The Morgan fingerprint density at radius 1 is 1.09 bits per heavy atom. The van der Waals surface area contributed by atoms with Crippen LogP contribution in [0.3, 0.4) is 0 Å². The van der Waals surface area contributed by atoms with Crippen LogP contribution in [0.15, 0.2) is 24.3 Å². The molecule has 0 aromatic heterocycles. The lowest BCUT2D eigenvalue weighted by molar-refractivity contribution is -0.162. The van der Waals surface area contributed by atoms with Gasteiger partial charge in [0.1, 0.15) is 23.2 Å². The molecule has 4 aliphatic rings. The number of carbonyl (C=O) groups excluding carboxylic acids is 3. The number of cyclic esters (lactones) is 1. The molecule has 0 aromatic rings. The van der Waals surface area contributed by atoms with E-state index in [-0.39, 0.29) is 31.1 Å². The van der Waals surface area contributed by atoms with E-state index in [1.54, 1.807) is 4.90 Å². The fourth-order valence-corrected chi connectivity index (χ4v) is 6.53. The summed E-state index contributed by atoms with van der Waals surface area (Å²) in [5.74, 6) is -2.38. The van der Waals surface area contributed by atoms with E-state index < -0.39 is 35.0 Å². The predicted molar refractivity (Wildman–Crippen MR) is 130 cm³/mol. The van der Waals surface area contributed by atoms with E-state index >= 15 is 0 Å². The average Bonchev–Trinajstić information content (AvgIpc) is 3.17. The second kappa shape index (κ2) is 10.4. The molecule has 1 spiro atoms. The van der Waals surface area contributed by atoms with Crippen LogP contribution in [0.4, 0.5) is 0 Å². The molecule has 0 aliphatic carbocycles. The van der Waals surface area contributed by atoms with Crippen molar-refractivity contribution in [3.8, 4) is 0 Å². The number of fused-ring (bicyclic) bond motifs is 2. The van der Waals surface area contributed by atoms with Crippen molar-refractivity contribution in [3.63, 3.8) is 0 Å². The summed E-state index contributed by atoms with van der Waals surface area (Å²) in [5, 5.41) is 9.19. The number of hydrogen-bond acceptors (Lipinski definition) is 6. The Kier molecular flexibility index (Phi) is 7.71. The number of esters is 1. The zero-order valence-corrected chi connectivity index (χ0v) is 21.3. The van der Waals surface area contributed by atoms with Gasteiger partial charge in [0.05, 0.1) is 12.5 Å². The summed E-state index contributed by atoms with van der Waals surface area (Å²) in [6.45, 7) is 7.29. The lowest BCUT2D eigenvalue weighted by Crippen LogP contribution is -2.57. The van der Waals surface area contributed by atoms with Crippen LogP contribution in [0.5, 0.6) is 0 Å². The first-order valence-electron chi connectivity index (χ1n) is 13.3. The van der Waals surface area contributed by atoms with Gasteiger partial charge in [-0.15, -0.1) is 0 Å². The lowest BCUT2D eigenvalue weighted by atomic mass is 9.73. The maximum atomic E-state index is 14.2. The van der Waals surface area contributed by atoms with Gasteiger partial charge in [-0.1, -0.05) is 44.6 Å². The Balaban J connectivity index is 1.80.